The first kappa shape index (κ1) is 27.7. The van der Waals surface area contributed by atoms with Crippen molar-refractivity contribution in [2.24, 2.45) is 0 Å². The van der Waals surface area contributed by atoms with Crippen molar-refractivity contribution in [3.05, 3.63) is 0 Å². The summed E-state index contributed by atoms with van der Waals surface area (Å²) in [5, 5.41) is 9.13. The number of hydrogen-bond acceptors (Lipinski definition) is 4. The van der Waals surface area contributed by atoms with Crippen LogP contribution in [0.3, 0.4) is 0 Å². The second-order valence-electron chi connectivity index (χ2n) is 6.86. The Bertz CT molecular complexity index is 360. The van der Waals surface area contributed by atoms with Crippen LogP contribution >= 0.6 is 0 Å². The van der Waals surface area contributed by atoms with E-state index in [-0.39, 0.29) is 57.5 Å². The van der Waals surface area contributed by atoms with Gasteiger partial charge in [0.25, 0.3) is 0 Å². The van der Waals surface area contributed by atoms with Crippen LogP contribution < -0.4 is 51.4 Å². The van der Waals surface area contributed by atoms with Crippen LogP contribution in [0.15, 0.2) is 0 Å². The number of aliphatic hydroxyl groups is 1. The van der Waals surface area contributed by atoms with Crippen LogP contribution in [0.25, 0.3) is 0 Å². The van der Waals surface area contributed by atoms with Gasteiger partial charge in [0.05, 0.1) is 16.2 Å². The first-order chi connectivity index (χ1) is 10.9. The Labute approximate surface area is 192 Å². The molecule has 0 spiro atoms. The van der Waals surface area contributed by atoms with E-state index in [9.17, 15) is 18.1 Å². The minimum atomic E-state index is -4.13. The molecule has 0 saturated carbocycles. The molecule has 6 heteroatoms. The van der Waals surface area contributed by atoms with Gasteiger partial charge >= 0.3 is 51.4 Å². The van der Waals surface area contributed by atoms with E-state index < -0.39 is 15.4 Å². The third-order valence-electron chi connectivity index (χ3n) is 4.53. The van der Waals surface area contributed by atoms with E-state index in [1.165, 1.54) is 51.9 Å². The van der Waals surface area contributed by atoms with Crippen molar-refractivity contribution in [2.75, 3.05) is 0 Å². The van der Waals surface area contributed by atoms with Crippen LogP contribution in [0.4, 0.5) is 0 Å². The molecule has 0 aliphatic rings. The molecule has 0 rings (SSSR count). The SMILES string of the molecule is CCCCCCCCCCC(O)CCCCCC(C)S(=O)(=O)[O-].[K+]. The van der Waals surface area contributed by atoms with E-state index >= 15 is 0 Å². The Hall–Kier alpha value is 1.51. The molecule has 4 nitrogen and oxygen atoms in total. The Morgan fingerprint density at radius 3 is 1.62 bits per heavy atom. The van der Waals surface area contributed by atoms with Crippen molar-refractivity contribution >= 4 is 10.1 Å². The van der Waals surface area contributed by atoms with Gasteiger partial charge in [-0.25, -0.2) is 8.42 Å². The molecule has 140 valence electrons. The van der Waals surface area contributed by atoms with Gasteiger partial charge < -0.3 is 9.66 Å². The number of rotatable bonds is 16. The van der Waals surface area contributed by atoms with Crippen LogP contribution in [0, 0.1) is 0 Å². The summed E-state index contributed by atoms with van der Waals surface area (Å²) in [6.07, 6.45) is 14.6. The van der Waals surface area contributed by atoms with Crippen LogP contribution in [0.2, 0.25) is 0 Å². The minimum Gasteiger partial charge on any atom is -0.748 e. The van der Waals surface area contributed by atoms with E-state index in [2.05, 4.69) is 6.92 Å². The number of aliphatic hydroxyl groups excluding tert-OH is 1. The zero-order valence-electron chi connectivity index (χ0n) is 16.1. The molecule has 2 atom stereocenters. The van der Waals surface area contributed by atoms with Crippen molar-refractivity contribution in [1.82, 2.24) is 0 Å². The number of unbranched alkanes of at least 4 members (excludes halogenated alkanes) is 9. The van der Waals surface area contributed by atoms with E-state index in [4.69, 9.17) is 0 Å². The van der Waals surface area contributed by atoms with Crippen molar-refractivity contribution in [3.63, 3.8) is 0 Å². The molecular weight excluding hydrogens is 351 g/mol. The molecule has 0 radical (unpaired) electrons. The van der Waals surface area contributed by atoms with Gasteiger partial charge in [-0.3, -0.25) is 0 Å². The van der Waals surface area contributed by atoms with E-state index in [1.807, 2.05) is 0 Å². The van der Waals surface area contributed by atoms with Crippen molar-refractivity contribution < 1.29 is 69.5 Å². The Kier molecular flexibility index (Phi) is 20.7. The summed E-state index contributed by atoms with van der Waals surface area (Å²) in [5.41, 5.74) is 0. The molecule has 0 saturated heterocycles. The van der Waals surface area contributed by atoms with Crippen LogP contribution in [-0.2, 0) is 10.1 Å². The van der Waals surface area contributed by atoms with Crippen molar-refractivity contribution in [1.29, 1.82) is 0 Å². The molecule has 0 aliphatic carbocycles. The van der Waals surface area contributed by atoms with Crippen LogP contribution in [-0.4, -0.2) is 29.4 Å². The van der Waals surface area contributed by atoms with Gasteiger partial charge in [0.15, 0.2) is 0 Å². The molecule has 0 aliphatic heterocycles. The molecule has 2 unspecified atom stereocenters. The third-order valence-corrected chi connectivity index (χ3v) is 5.75. The summed E-state index contributed by atoms with van der Waals surface area (Å²) in [7, 11) is -4.13. The molecule has 0 bridgehead atoms. The summed E-state index contributed by atoms with van der Waals surface area (Å²) in [5.74, 6) is 0. The summed E-state index contributed by atoms with van der Waals surface area (Å²) in [6.45, 7) is 3.70. The molecule has 0 heterocycles. The Balaban J connectivity index is 0. The Morgan fingerprint density at radius 2 is 1.17 bits per heavy atom. The summed E-state index contributed by atoms with van der Waals surface area (Å²) < 4.78 is 32.3. The van der Waals surface area contributed by atoms with E-state index in [1.54, 1.807) is 0 Å². The normalized spacial score (nSPS) is 14.2. The average Bonchev–Trinajstić information content (AvgIpc) is 2.48. The van der Waals surface area contributed by atoms with Crippen LogP contribution in [0.1, 0.15) is 104 Å². The number of hydrogen-bond donors (Lipinski definition) is 1. The first-order valence-corrected chi connectivity index (χ1v) is 11.0. The molecule has 1 N–H and O–H groups in total. The fourth-order valence-electron chi connectivity index (χ4n) is 2.79. The van der Waals surface area contributed by atoms with E-state index in [0.717, 1.165) is 38.5 Å². The molecule has 0 aromatic carbocycles. The molecule has 0 aromatic heterocycles. The fraction of sp³-hybridized carbons (Fsp3) is 1.00. The molecule has 0 amide bonds. The predicted octanol–water partition coefficient (Wildman–Crippen LogP) is 1.77. The maximum absolute atomic E-state index is 10.8. The van der Waals surface area contributed by atoms with Crippen molar-refractivity contribution in [2.45, 2.75) is 115 Å². The monoisotopic (exact) mass is 388 g/mol. The summed E-state index contributed by atoms with van der Waals surface area (Å²) >= 11 is 0. The smallest absolute Gasteiger partial charge is 0.748 e. The van der Waals surface area contributed by atoms with Gasteiger partial charge in [-0.15, -0.1) is 0 Å². The first-order valence-electron chi connectivity index (χ1n) is 9.50. The zero-order chi connectivity index (χ0) is 17.6. The van der Waals surface area contributed by atoms with Gasteiger partial charge in [-0.05, 0) is 26.2 Å². The average molecular weight is 389 g/mol. The Morgan fingerprint density at radius 1 is 0.792 bits per heavy atom. The van der Waals surface area contributed by atoms with Gasteiger partial charge in [-0.1, -0.05) is 77.6 Å². The topological polar surface area (TPSA) is 77.4 Å². The summed E-state index contributed by atoms with van der Waals surface area (Å²) in [6, 6.07) is 0. The van der Waals surface area contributed by atoms with E-state index in [0.29, 0.717) is 6.42 Å². The second-order valence-corrected chi connectivity index (χ2v) is 8.65. The molecule has 24 heavy (non-hydrogen) atoms. The molecule has 0 aromatic rings. The van der Waals surface area contributed by atoms with Crippen molar-refractivity contribution in [3.8, 4) is 0 Å². The van der Waals surface area contributed by atoms with Gasteiger partial charge in [-0.2, -0.15) is 0 Å². The van der Waals surface area contributed by atoms with Gasteiger partial charge in [0, 0.05) is 5.25 Å². The fourth-order valence-corrected chi connectivity index (χ4v) is 3.25. The molecular formula is C18H37KO4S. The second kappa shape index (κ2) is 17.9. The summed E-state index contributed by atoms with van der Waals surface area (Å²) in [4.78, 5) is 0. The maximum Gasteiger partial charge on any atom is 1.00 e. The molecule has 0 fully saturated rings. The quantitative estimate of drug-likeness (QED) is 0.248. The van der Waals surface area contributed by atoms with Gasteiger partial charge in [0.1, 0.15) is 0 Å². The van der Waals surface area contributed by atoms with Gasteiger partial charge in [0.2, 0.25) is 0 Å². The zero-order valence-corrected chi connectivity index (χ0v) is 20.1. The predicted molar refractivity (Wildman–Crippen MR) is 95.5 cm³/mol. The van der Waals surface area contributed by atoms with Crippen LogP contribution in [0.5, 0.6) is 0 Å². The minimum absolute atomic E-state index is 0. The third kappa shape index (κ3) is 18.3. The maximum atomic E-state index is 10.8. The largest absolute Gasteiger partial charge is 1.00 e. The standard InChI is InChI=1S/C18H38O4S.K/c1-3-4-5-6-7-8-9-12-15-18(19)16-13-10-11-14-17(2)23(20,21)22;/h17-19H,3-16H2,1-2H3,(H,20,21,22);/q;+1/p-1.